The molecule has 0 radical (unpaired) electrons. The fourth-order valence-corrected chi connectivity index (χ4v) is 3.77. The average Bonchev–Trinajstić information content (AvgIpc) is 2.49. The number of hydrogen-bond donors (Lipinski definition) is 1. The molecule has 0 aliphatic heterocycles. The van der Waals surface area contributed by atoms with E-state index in [4.69, 9.17) is 10.5 Å². The molecule has 1 unspecified atom stereocenters. The largest absolute Gasteiger partial charge is 0.497 e. The summed E-state index contributed by atoms with van der Waals surface area (Å²) in [7, 11) is -1.94. The maximum Gasteiger partial charge on any atom is 0.186 e. The number of sulfone groups is 1. The highest BCUT2D eigenvalue weighted by Gasteiger charge is 2.27. The molecular formula is C16H19NO3S. The maximum atomic E-state index is 12.7. The third-order valence-corrected chi connectivity index (χ3v) is 5.57. The van der Waals surface area contributed by atoms with Crippen molar-refractivity contribution in [3.63, 3.8) is 0 Å². The van der Waals surface area contributed by atoms with Gasteiger partial charge in [0.1, 0.15) is 11.0 Å². The summed E-state index contributed by atoms with van der Waals surface area (Å²) in [6, 6.07) is 13.8. The lowest BCUT2D eigenvalue weighted by atomic mass is 10.1. The van der Waals surface area contributed by atoms with E-state index in [0.29, 0.717) is 16.2 Å². The predicted octanol–water partition coefficient (Wildman–Crippen LogP) is 2.48. The van der Waals surface area contributed by atoms with E-state index in [2.05, 4.69) is 0 Å². The first-order valence-electron chi connectivity index (χ1n) is 6.63. The highest BCUT2D eigenvalue weighted by atomic mass is 32.2. The van der Waals surface area contributed by atoms with Crippen LogP contribution in [0.3, 0.4) is 0 Å². The number of benzene rings is 2. The van der Waals surface area contributed by atoms with Gasteiger partial charge in [0.05, 0.1) is 12.0 Å². The normalized spacial score (nSPS) is 12.9. The van der Waals surface area contributed by atoms with Crippen molar-refractivity contribution in [2.75, 3.05) is 13.7 Å². The molecule has 2 N–H and O–H groups in total. The van der Waals surface area contributed by atoms with Crippen LogP contribution in [0.2, 0.25) is 0 Å². The molecule has 112 valence electrons. The van der Waals surface area contributed by atoms with E-state index >= 15 is 0 Å². The van der Waals surface area contributed by atoms with Crippen molar-refractivity contribution in [2.45, 2.75) is 17.1 Å². The molecule has 0 aromatic heterocycles. The molecule has 0 amide bonds. The second-order valence-electron chi connectivity index (χ2n) is 4.86. The molecule has 0 aliphatic carbocycles. The Kier molecular flexibility index (Phi) is 4.65. The lowest BCUT2D eigenvalue weighted by Gasteiger charge is -2.17. The number of nitrogens with two attached hydrogens (primary N) is 1. The molecule has 0 heterocycles. The van der Waals surface area contributed by atoms with E-state index in [1.54, 1.807) is 55.6 Å². The molecule has 2 aromatic carbocycles. The first-order chi connectivity index (χ1) is 9.98. The number of methoxy groups -OCH3 is 1. The molecule has 2 aromatic rings. The van der Waals surface area contributed by atoms with Crippen molar-refractivity contribution in [2.24, 2.45) is 5.73 Å². The summed E-state index contributed by atoms with van der Waals surface area (Å²) in [4.78, 5) is 0.291. The van der Waals surface area contributed by atoms with E-state index in [1.165, 1.54) is 0 Å². The van der Waals surface area contributed by atoms with Gasteiger partial charge in [0, 0.05) is 6.54 Å². The van der Waals surface area contributed by atoms with E-state index in [-0.39, 0.29) is 6.54 Å². The Labute approximate surface area is 125 Å². The van der Waals surface area contributed by atoms with Crippen LogP contribution in [-0.2, 0) is 9.84 Å². The monoisotopic (exact) mass is 305 g/mol. The quantitative estimate of drug-likeness (QED) is 0.921. The Morgan fingerprint density at radius 2 is 1.62 bits per heavy atom. The first kappa shape index (κ1) is 15.5. The van der Waals surface area contributed by atoms with E-state index < -0.39 is 15.1 Å². The van der Waals surface area contributed by atoms with Gasteiger partial charge in [-0.05, 0) is 36.8 Å². The van der Waals surface area contributed by atoms with Gasteiger partial charge >= 0.3 is 0 Å². The van der Waals surface area contributed by atoms with Crippen LogP contribution in [0.4, 0.5) is 0 Å². The fraction of sp³-hybridized carbons (Fsp3) is 0.250. The molecule has 2 rings (SSSR count). The Balaban J connectivity index is 2.41. The van der Waals surface area contributed by atoms with Gasteiger partial charge in [0.15, 0.2) is 9.84 Å². The second kappa shape index (κ2) is 6.28. The van der Waals surface area contributed by atoms with Gasteiger partial charge in [-0.2, -0.15) is 0 Å². The molecule has 0 spiro atoms. The van der Waals surface area contributed by atoms with Crippen molar-refractivity contribution in [3.05, 3.63) is 59.7 Å². The van der Waals surface area contributed by atoms with Crippen molar-refractivity contribution >= 4 is 9.84 Å². The lowest BCUT2D eigenvalue weighted by Crippen LogP contribution is -2.22. The zero-order chi connectivity index (χ0) is 15.5. The Morgan fingerprint density at radius 3 is 2.10 bits per heavy atom. The number of hydrogen-bond acceptors (Lipinski definition) is 4. The summed E-state index contributed by atoms with van der Waals surface area (Å²) >= 11 is 0. The van der Waals surface area contributed by atoms with E-state index in [0.717, 1.165) is 5.56 Å². The van der Waals surface area contributed by atoms with Crippen molar-refractivity contribution in [3.8, 4) is 5.75 Å². The van der Waals surface area contributed by atoms with Gasteiger partial charge in [0.25, 0.3) is 0 Å². The smallest absolute Gasteiger partial charge is 0.186 e. The molecule has 5 heteroatoms. The Hall–Kier alpha value is -1.85. The van der Waals surface area contributed by atoms with Crippen molar-refractivity contribution < 1.29 is 13.2 Å². The summed E-state index contributed by atoms with van der Waals surface area (Å²) in [6.07, 6.45) is 0. The number of aryl methyl sites for hydroxylation is 1. The van der Waals surface area contributed by atoms with Gasteiger partial charge in [-0.3, -0.25) is 0 Å². The van der Waals surface area contributed by atoms with Gasteiger partial charge in [-0.25, -0.2) is 8.42 Å². The molecule has 21 heavy (non-hydrogen) atoms. The average molecular weight is 305 g/mol. The Morgan fingerprint density at radius 1 is 1.05 bits per heavy atom. The van der Waals surface area contributed by atoms with Crippen LogP contribution in [0.5, 0.6) is 5.75 Å². The number of rotatable bonds is 5. The minimum Gasteiger partial charge on any atom is -0.497 e. The predicted molar refractivity (Wildman–Crippen MR) is 83.2 cm³/mol. The van der Waals surface area contributed by atoms with Crippen LogP contribution in [0.1, 0.15) is 16.4 Å². The molecule has 0 fully saturated rings. The molecule has 0 bridgehead atoms. The highest BCUT2D eigenvalue weighted by molar-refractivity contribution is 7.91. The topological polar surface area (TPSA) is 69.4 Å². The zero-order valence-corrected chi connectivity index (χ0v) is 12.9. The maximum absolute atomic E-state index is 12.7. The molecular weight excluding hydrogens is 286 g/mol. The van der Waals surface area contributed by atoms with E-state index in [9.17, 15) is 8.42 Å². The third-order valence-electron chi connectivity index (χ3n) is 3.43. The van der Waals surface area contributed by atoms with Crippen molar-refractivity contribution in [1.29, 1.82) is 0 Å². The summed E-state index contributed by atoms with van der Waals surface area (Å²) in [6.45, 7) is 1.95. The first-order valence-corrected chi connectivity index (χ1v) is 8.18. The SMILES string of the molecule is COc1ccc(C(CN)S(=O)(=O)c2ccc(C)cc2)cc1. The molecule has 0 saturated heterocycles. The van der Waals surface area contributed by atoms with Crippen LogP contribution in [0, 0.1) is 6.92 Å². The lowest BCUT2D eigenvalue weighted by molar-refractivity contribution is 0.414. The highest BCUT2D eigenvalue weighted by Crippen LogP contribution is 2.29. The van der Waals surface area contributed by atoms with Crippen molar-refractivity contribution in [1.82, 2.24) is 0 Å². The van der Waals surface area contributed by atoms with Crippen LogP contribution >= 0.6 is 0 Å². The Bertz CT molecular complexity index is 691. The fourth-order valence-electron chi connectivity index (χ4n) is 2.15. The van der Waals surface area contributed by atoms with Crippen LogP contribution < -0.4 is 10.5 Å². The van der Waals surface area contributed by atoms with Gasteiger partial charge in [-0.1, -0.05) is 29.8 Å². The minimum absolute atomic E-state index is 0.0303. The number of ether oxygens (including phenoxy) is 1. The molecule has 1 atom stereocenters. The third kappa shape index (κ3) is 3.25. The van der Waals surface area contributed by atoms with E-state index in [1.807, 2.05) is 6.92 Å². The summed E-state index contributed by atoms with van der Waals surface area (Å²) in [5.74, 6) is 0.683. The standard InChI is InChI=1S/C16H19NO3S/c1-12-3-9-15(10-4-12)21(18,19)16(11-17)13-5-7-14(20-2)8-6-13/h3-10,16H,11,17H2,1-2H3. The summed E-state index contributed by atoms with van der Waals surface area (Å²) in [5, 5.41) is -0.758. The molecule has 0 saturated carbocycles. The second-order valence-corrected chi connectivity index (χ2v) is 6.99. The van der Waals surface area contributed by atoms with Gasteiger partial charge in [-0.15, -0.1) is 0 Å². The van der Waals surface area contributed by atoms with Gasteiger partial charge in [0.2, 0.25) is 0 Å². The summed E-state index contributed by atoms with van der Waals surface area (Å²) < 4.78 is 30.5. The summed E-state index contributed by atoms with van der Waals surface area (Å²) in [5.41, 5.74) is 7.40. The van der Waals surface area contributed by atoms with Gasteiger partial charge < -0.3 is 10.5 Å². The van der Waals surface area contributed by atoms with Crippen LogP contribution in [0.25, 0.3) is 0 Å². The minimum atomic E-state index is -3.51. The van der Waals surface area contributed by atoms with Crippen LogP contribution in [-0.4, -0.2) is 22.1 Å². The van der Waals surface area contributed by atoms with Crippen LogP contribution in [0.15, 0.2) is 53.4 Å². The molecule has 4 nitrogen and oxygen atoms in total. The zero-order valence-electron chi connectivity index (χ0n) is 12.1. The molecule has 0 aliphatic rings.